The number of nitrogens with one attached hydrogen (secondary N) is 1. The number of carbonyl (C=O) groups excluding carboxylic acids is 1. The van der Waals surface area contributed by atoms with E-state index in [0.717, 1.165) is 83.5 Å². The summed E-state index contributed by atoms with van der Waals surface area (Å²) in [6, 6.07) is -0.802. The lowest BCUT2D eigenvalue weighted by Crippen LogP contribution is -2.46. The van der Waals surface area contributed by atoms with Gasteiger partial charge in [0.15, 0.2) is 0 Å². The second-order valence-electron chi connectivity index (χ2n) is 18.5. The van der Waals surface area contributed by atoms with Crippen LogP contribution in [0.15, 0.2) is 85.1 Å². The molecule has 0 aromatic heterocycles. The molecule has 9 heteroatoms. The first-order valence-electron chi connectivity index (χ1n) is 25.9. The van der Waals surface area contributed by atoms with Gasteiger partial charge in [-0.1, -0.05) is 214 Å². The second-order valence-corrected chi connectivity index (χ2v) is 19.9. The Labute approximate surface area is 395 Å². The third kappa shape index (κ3) is 47.6. The van der Waals surface area contributed by atoms with Crippen molar-refractivity contribution in [2.45, 2.75) is 219 Å². The fourth-order valence-corrected chi connectivity index (χ4v) is 7.80. The van der Waals surface area contributed by atoms with Crippen molar-refractivity contribution < 1.29 is 32.9 Å². The number of likely N-dealkylation sites (N-methyl/N-ethyl adjacent to an activating group) is 1. The molecule has 370 valence electrons. The third-order valence-electron chi connectivity index (χ3n) is 11.1. The van der Waals surface area contributed by atoms with Crippen LogP contribution in [0.25, 0.3) is 0 Å². The molecule has 0 radical (unpaired) electrons. The van der Waals surface area contributed by atoms with Crippen LogP contribution < -0.4 is 10.2 Å². The van der Waals surface area contributed by atoms with Crippen LogP contribution in [0.4, 0.5) is 0 Å². The molecule has 0 saturated heterocycles. The van der Waals surface area contributed by atoms with Gasteiger partial charge in [0.05, 0.1) is 39.9 Å². The Balaban J connectivity index is 3.94. The molecular formula is C55H99N2O6P. The number of quaternary nitrogens is 1. The number of hydrogen-bond acceptors (Lipinski definition) is 6. The standard InChI is InChI=1S/C55H99N2O6P/c1-6-8-10-12-14-15-16-17-18-19-20-21-22-23-24-25-26-27-28-29-30-31-32-33-34-35-36-37-38-39-40-41-43-45-47-49-55(59)56-53(54(58)48-46-44-42-13-11-9-7-2)52-63-64(60,61)62-51-50-57(3,4)5/h8,10,14-15,17-18,20-21,23-24,26-27,29-30,53-54,58H,6-7,9,11-13,16,19,22,25,28,31-52H2,1-5H3,(H-,56,59,60,61)/b10-8-,15-14-,18-17-,21-20-,24-23-,27-26-,30-29-. The molecule has 3 unspecified atom stereocenters. The van der Waals surface area contributed by atoms with Gasteiger partial charge in [0.2, 0.25) is 5.91 Å². The normalized spacial score (nSPS) is 14.8. The molecule has 0 aromatic rings. The average molecular weight is 915 g/mol. The van der Waals surface area contributed by atoms with Crippen LogP contribution >= 0.6 is 7.82 Å². The zero-order chi connectivity index (χ0) is 47.1. The smallest absolute Gasteiger partial charge is 0.268 e. The quantitative estimate of drug-likeness (QED) is 0.0273. The van der Waals surface area contributed by atoms with Gasteiger partial charge in [0.25, 0.3) is 7.82 Å². The van der Waals surface area contributed by atoms with E-state index in [1.807, 2.05) is 21.1 Å². The molecule has 0 bridgehead atoms. The molecular weight excluding hydrogens is 816 g/mol. The summed E-state index contributed by atoms with van der Waals surface area (Å²) in [6.45, 7) is 4.54. The highest BCUT2D eigenvalue weighted by Gasteiger charge is 2.24. The minimum Gasteiger partial charge on any atom is -0.756 e. The number of allylic oxidation sites excluding steroid dienone is 14. The molecule has 3 atom stereocenters. The van der Waals surface area contributed by atoms with Crippen LogP contribution in [0.5, 0.6) is 0 Å². The van der Waals surface area contributed by atoms with E-state index in [2.05, 4.69) is 104 Å². The number of rotatable bonds is 46. The van der Waals surface area contributed by atoms with Gasteiger partial charge in [-0.05, 0) is 70.6 Å². The van der Waals surface area contributed by atoms with Crippen LogP contribution in [-0.4, -0.2) is 68.5 Å². The topological polar surface area (TPSA) is 108 Å². The number of aliphatic hydroxyl groups excluding tert-OH is 1. The second kappa shape index (κ2) is 45.8. The molecule has 0 aliphatic carbocycles. The number of phosphoric acid groups is 1. The van der Waals surface area contributed by atoms with Crippen LogP contribution in [0.1, 0.15) is 206 Å². The van der Waals surface area contributed by atoms with Crippen molar-refractivity contribution in [3.05, 3.63) is 85.1 Å². The van der Waals surface area contributed by atoms with E-state index in [1.54, 1.807) is 0 Å². The maximum atomic E-state index is 12.9. The summed E-state index contributed by atoms with van der Waals surface area (Å²) in [5, 5.41) is 13.8. The lowest BCUT2D eigenvalue weighted by molar-refractivity contribution is -0.870. The number of hydrogen-bond donors (Lipinski definition) is 2. The lowest BCUT2D eigenvalue weighted by atomic mass is 10.0. The summed E-state index contributed by atoms with van der Waals surface area (Å²) >= 11 is 0. The molecule has 0 rings (SSSR count). The van der Waals surface area contributed by atoms with Gasteiger partial charge in [-0.25, -0.2) is 0 Å². The van der Waals surface area contributed by atoms with Crippen molar-refractivity contribution in [3.63, 3.8) is 0 Å². The maximum Gasteiger partial charge on any atom is 0.268 e. The Bertz CT molecular complexity index is 1310. The van der Waals surface area contributed by atoms with Gasteiger partial charge in [-0.15, -0.1) is 0 Å². The van der Waals surface area contributed by atoms with Gasteiger partial charge < -0.3 is 28.8 Å². The summed E-state index contributed by atoms with van der Waals surface area (Å²) in [5.74, 6) is -0.174. The maximum absolute atomic E-state index is 12.9. The highest BCUT2D eigenvalue weighted by molar-refractivity contribution is 7.45. The van der Waals surface area contributed by atoms with Crippen molar-refractivity contribution in [2.24, 2.45) is 0 Å². The van der Waals surface area contributed by atoms with Gasteiger partial charge in [0.1, 0.15) is 13.2 Å². The van der Waals surface area contributed by atoms with Crippen molar-refractivity contribution >= 4 is 13.7 Å². The molecule has 0 fully saturated rings. The van der Waals surface area contributed by atoms with Crippen molar-refractivity contribution in [1.82, 2.24) is 5.32 Å². The minimum absolute atomic E-state index is 0.00861. The van der Waals surface area contributed by atoms with E-state index in [-0.39, 0.29) is 19.1 Å². The SMILES string of the molecule is CC/C=C\C/C=C\C/C=C\C/C=C\C/C=C\C/C=C\C/C=C\CCCCCCCCCCCCCCCC(=O)NC(COP(=O)([O-])OCC[N+](C)(C)C)C(O)CCCCCCCCC. The minimum atomic E-state index is -4.56. The number of carbonyl (C=O) groups is 1. The van der Waals surface area contributed by atoms with E-state index in [0.29, 0.717) is 23.9 Å². The molecule has 8 nitrogen and oxygen atoms in total. The van der Waals surface area contributed by atoms with Crippen LogP contribution in [0.3, 0.4) is 0 Å². The Morgan fingerprint density at radius 1 is 0.562 bits per heavy atom. The molecule has 0 spiro atoms. The van der Waals surface area contributed by atoms with E-state index in [4.69, 9.17) is 9.05 Å². The molecule has 0 saturated carbocycles. The molecule has 2 N–H and O–H groups in total. The number of nitrogens with zero attached hydrogens (tertiary/aromatic N) is 1. The summed E-state index contributed by atoms with van der Waals surface area (Å²) in [7, 11) is 1.29. The van der Waals surface area contributed by atoms with Crippen LogP contribution in [0, 0.1) is 0 Å². The Hall–Kier alpha value is -2.32. The first kappa shape index (κ1) is 61.7. The first-order valence-corrected chi connectivity index (χ1v) is 27.4. The molecule has 0 heterocycles. The Kier molecular flexibility index (Phi) is 44.2. The number of aliphatic hydroxyl groups is 1. The molecule has 0 aliphatic heterocycles. The van der Waals surface area contributed by atoms with Gasteiger partial charge in [0, 0.05) is 6.42 Å². The summed E-state index contributed by atoms with van der Waals surface area (Å²) in [4.78, 5) is 25.3. The lowest BCUT2D eigenvalue weighted by Gasteiger charge is -2.30. The largest absolute Gasteiger partial charge is 0.756 e. The highest BCUT2D eigenvalue weighted by atomic mass is 31.2. The van der Waals surface area contributed by atoms with E-state index in [9.17, 15) is 19.4 Å². The van der Waals surface area contributed by atoms with Gasteiger partial charge >= 0.3 is 0 Å². The first-order chi connectivity index (χ1) is 31.0. The molecule has 0 aromatic carbocycles. The van der Waals surface area contributed by atoms with E-state index in [1.165, 1.54) is 96.3 Å². The summed E-state index contributed by atoms with van der Waals surface area (Å²) < 4.78 is 23.2. The summed E-state index contributed by atoms with van der Waals surface area (Å²) in [6.07, 6.45) is 63.5. The summed E-state index contributed by atoms with van der Waals surface area (Å²) in [5.41, 5.74) is 0. The van der Waals surface area contributed by atoms with Gasteiger partial charge in [-0.2, -0.15) is 0 Å². The Morgan fingerprint density at radius 3 is 1.39 bits per heavy atom. The average Bonchev–Trinajstić information content (AvgIpc) is 3.25. The third-order valence-corrected chi connectivity index (χ3v) is 12.1. The van der Waals surface area contributed by atoms with Crippen LogP contribution in [0.2, 0.25) is 0 Å². The zero-order valence-electron chi connectivity index (χ0n) is 42.0. The predicted octanol–water partition coefficient (Wildman–Crippen LogP) is 14.7. The van der Waals surface area contributed by atoms with E-state index < -0.39 is 20.0 Å². The fourth-order valence-electron chi connectivity index (χ4n) is 7.08. The molecule has 1 amide bonds. The molecule has 0 aliphatic rings. The van der Waals surface area contributed by atoms with Crippen molar-refractivity contribution in [1.29, 1.82) is 0 Å². The van der Waals surface area contributed by atoms with Crippen LogP contribution in [-0.2, 0) is 18.4 Å². The highest BCUT2D eigenvalue weighted by Crippen LogP contribution is 2.38. The number of unbranched alkanes of at least 4 members (excludes halogenated alkanes) is 19. The Morgan fingerprint density at radius 2 is 0.953 bits per heavy atom. The number of phosphoric ester groups is 1. The zero-order valence-corrected chi connectivity index (χ0v) is 42.8. The monoisotopic (exact) mass is 915 g/mol. The fraction of sp³-hybridized carbons (Fsp3) is 0.727. The molecule has 64 heavy (non-hydrogen) atoms. The van der Waals surface area contributed by atoms with Crippen molar-refractivity contribution in [3.8, 4) is 0 Å². The van der Waals surface area contributed by atoms with E-state index >= 15 is 0 Å². The number of amides is 1. The predicted molar refractivity (Wildman–Crippen MR) is 274 cm³/mol. The van der Waals surface area contributed by atoms with Gasteiger partial charge in [-0.3, -0.25) is 9.36 Å². The van der Waals surface area contributed by atoms with Crippen molar-refractivity contribution in [2.75, 3.05) is 40.9 Å².